The van der Waals surface area contributed by atoms with Crippen molar-refractivity contribution in [3.05, 3.63) is 59.7 Å². The lowest BCUT2D eigenvalue weighted by Crippen LogP contribution is -2.29. The molecule has 0 saturated carbocycles. The number of carbonyl (C=O) groups excluding carboxylic acids is 2. The summed E-state index contributed by atoms with van der Waals surface area (Å²) >= 11 is 0. The van der Waals surface area contributed by atoms with E-state index in [9.17, 15) is 9.59 Å². The van der Waals surface area contributed by atoms with Gasteiger partial charge in [0.2, 0.25) is 0 Å². The fourth-order valence-electron chi connectivity index (χ4n) is 1.65. The molecule has 0 fully saturated rings. The summed E-state index contributed by atoms with van der Waals surface area (Å²) in [6.45, 7) is 0. The molecule has 3 N–H and O–H groups in total. The number of rotatable bonds is 4. The molecular weight excluding hydrogens is 272 g/mol. The highest BCUT2D eigenvalue weighted by Gasteiger charge is 2.09. The summed E-state index contributed by atoms with van der Waals surface area (Å²) < 4.78 is 10.2. The maximum absolute atomic E-state index is 11.9. The van der Waals surface area contributed by atoms with Crippen molar-refractivity contribution >= 4 is 11.9 Å². The van der Waals surface area contributed by atoms with Crippen LogP contribution in [0.1, 0.15) is 20.7 Å². The second-order valence-corrected chi connectivity index (χ2v) is 4.12. The molecule has 0 heterocycles. The number of hydrogen-bond donors (Lipinski definition) is 2. The number of hydrazine groups is 1. The number of nitrogens with one attached hydrogen (secondary N) is 1. The molecule has 2 aromatic rings. The van der Waals surface area contributed by atoms with E-state index in [-0.39, 0.29) is 0 Å². The Kier molecular flexibility index (Phi) is 4.53. The molecule has 0 aliphatic carbocycles. The van der Waals surface area contributed by atoms with Gasteiger partial charge in [0, 0.05) is 5.56 Å². The Morgan fingerprint density at radius 2 is 1.43 bits per heavy atom. The van der Waals surface area contributed by atoms with Crippen LogP contribution in [0.15, 0.2) is 48.5 Å². The number of amides is 1. The van der Waals surface area contributed by atoms with E-state index in [2.05, 4.69) is 0 Å². The van der Waals surface area contributed by atoms with Crippen LogP contribution in [-0.2, 0) is 0 Å². The molecule has 108 valence electrons. The van der Waals surface area contributed by atoms with Gasteiger partial charge in [-0.3, -0.25) is 10.2 Å². The maximum atomic E-state index is 11.9. The van der Waals surface area contributed by atoms with Crippen molar-refractivity contribution in [3.63, 3.8) is 0 Å². The van der Waals surface area contributed by atoms with Crippen LogP contribution >= 0.6 is 0 Å². The molecule has 0 unspecified atom stereocenters. The number of nitrogens with two attached hydrogens (primary N) is 1. The van der Waals surface area contributed by atoms with Crippen LogP contribution in [0.3, 0.4) is 0 Å². The third-order valence-electron chi connectivity index (χ3n) is 2.78. The molecule has 0 aromatic heterocycles. The Labute approximate surface area is 121 Å². The predicted octanol–water partition coefficient (Wildman–Crippen LogP) is 1.52. The molecule has 0 saturated heterocycles. The van der Waals surface area contributed by atoms with Gasteiger partial charge < -0.3 is 9.47 Å². The molecule has 0 aliphatic heterocycles. The minimum atomic E-state index is -0.492. The largest absolute Gasteiger partial charge is 0.497 e. The van der Waals surface area contributed by atoms with E-state index in [4.69, 9.17) is 15.3 Å². The number of methoxy groups -OCH3 is 1. The average Bonchev–Trinajstić information content (AvgIpc) is 2.55. The summed E-state index contributed by atoms with van der Waals surface area (Å²) in [5.41, 5.74) is 2.80. The molecule has 0 spiro atoms. The molecule has 21 heavy (non-hydrogen) atoms. The molecule has 0 atom stereocenters. The van der Waals surface area contributed by atoms with Gasteiger partial charge in [0.05, 0.1) is 12.7 Å². The van der Waals surface area contributed by atoms with Gasteiger partial charge >= 0.3 is 5.97 Å². The summed E-state index contributed by atoms with van der Waals surface area (Å²) in [7, 11) is 1.55. The van der Waals surface area contributed by atoms with E-state index in [1.807, 2.05) is 5.43 Å². The number of ether oxygens (including phenoxy) is 2. The number of nitrogen functional groups attached to an aromatic ring is 1. The minimum Gasteiger partial charge on any atom is -0.497 e. The van der Waals surface area contributed by atoms with Crippen molar-refractivity contribution in [2.24, 2.45) is 5.84 Å². The number of benzene rings is 2. The Morgan fingerprint density at radius 3 is 1.95 bits per heavy atom. The van der Waals surface area contributed by atoms with Crippen LogP contribution in [-0.4, -0.2) is 19.0 Å². The first-order valence-electron chi connectivity index (χ1n) is 6.11. The molecule has 0 bridgehead atoms. The molecule has 6 heteroatoms. The first-order valence-corrected chi connectivity index (χ1v) is 6.11. The zero-order chi connectivity index (χ0) is 15.2. The van der Waals surface area contributed by atoms with Crippen molar-refractivity contribution in [2.75, 3.05) is 7.11 Å². The summed E-state index contributed by atoms with van der Waals surface area (Å²) in [5.74, 6) is 5.12. The lowest BCUT2D eigenvalue weighted by Gasteiger charge is -2.06. The molecule has 2 aromatic carbocycles. The second kappa shape index (κ2) is 6.53. The molecule has 2 rings (SSSR count). The molecule has 0 aliphatic rings. The van der Waals surface area contributed by atoms with Gasteiger partial charge in [0.15, 0.2) is 0 Å². The van der Waals surface area contributed by atoms with Crippen LogP contribution in [0, 0.1) is 0 Å². The topological polar surface area (TPSA) is 90.6 Å². The van der Waals surface area contributed by atoms with Gasteiger partial charge in [-0.15, -0.1) is 0 Å². The van der Waals surface area contributed by atoms with Gasteiger partial charge in [-0.1, -0.05) is 0 Å². The lowest BCUT2D eigenvalue weighted by molar-refractivity contribution is 0.0734. The molecule has 1 amide bonds. The third-order valence-corrected chi connectivity index (χ3v) is 2.78. The highest BCUT2D eigenvalue weighted by molar-refractivity contribution is 5.94. The zero-order valence-electron chi connectivity index (χ0n) is 11.3. The summed E-state index contributed by atoms with van der Waals surface area (Å²) in [5, 5.41) is 0. The zero-order valence-corrected chi connectivity index (χ0v) is 11.3. The number of hydrogen-bond acceptors (Lipinski definition) is 5. The van der Waals surface area contributed by atoms with Gasteiger partial charge in [0.25, 0.3) is 5.91 Å². The van der Waals surface area contributed by atoms with Crippen molar-refractivity contribution in [1.82, 2.24) is 5.43 Å². The first-order chi connectivity index (χ1) is 10.1. The smallest absolute Gasteiger partial charge is 0.343 e. The standard InChI is InChI=1S/C15H14N2O4/c1-20-12-6-4-11(5-7-12)15(19)21-13-8-2-10(3-9-13)14(18)17-16/h2-9H,16H2,1H3,(H,17,18). The van der Waals surface area contributed by atoms with Crippen LogP contribution in [0.25, 0.3) is 0 Å². The normalized spacial score (nSPS) is 9.81. The van der Waals surface area contributed by atoms with Crippen molar-refractivity contribution < 1.29 is 19.1 Å². The van der Waals surface area contributed by atoms with Crippen LogP contribution in [0.4, 0.5) is 0 Å². The number of esters is 1. The Morgan fingerprint density at radius 1 is 0.905 bits per heavy atom. The van der Waals surface area contributed by atoms with E-state index in [0.29, 0.717) is 22.6 Å². The van der Waals surface area contributed by atoms with Crippen LogP contribution in [0.5, 0.6) is 11.5 Å². The highest BCUT2D eigenvalue weighted by Crippen LogP contribution is 2.16. The van der Waals surface area contributed by atoms with Gasteiger partial charge in [-0.05, 0) is 48.5 Å². The van der Waals surface area contributed by atoms with E-state index in [1.165, 1.54) is 24.3 Å². The average molecular weight is 286 g/mol. The van der Waals surface area contributed by atoms with Crippen LogP contribution in [0.2, 0.25) is 0 Å². The third kappa shape index (κ3) is 3.58. The fraction of sp³-hybridized carbons (Fsp3) is 0.0667. The van der Waals surface area contributed by atoms with Gasteiger partial charge in [-0.2, -0.15) is 0 Å². The van der Waals surface area contributed by atoms with Crippen molar-refractivity contribution in [2.45, 2.75) is 0 Å². The first kappa shape index (κ1) is 14.5. The van der Waals surface area contributed by atoms with Gasteiger partial charge in [-0.25, -0.2) is 10.6 Å². The summed E-state index contributed by atoms with van der Waals surface area (Å²) in [4.78, 5) is 23.2. The molecule has 6 nitrogen and oxygen atoms in total. The van der Waals surface area contributed by atoms with Crippen LogP contribution < -0.4 is 20.7 Å². The lowest BCUT2D eigenvalue weighted by atomic mass is 10.2. The molecular formula is C15H14N2O4. The molecule has 0 radical (unpaired) electrons. The van der Waals surface area contributed by atoms with E-state index >= 15 is 0 Å². The maximum Gasteiger partial charge on any atom is 0.343 e. The number of carbonyl (C=O) groups is 2. The Bertz CT molecular complexity index is 636. The van der Waals surface area contributed by atoms with E-state index in [1.54, 1.807) is 31.4 Å². The quantitative estimate of drug-likeness (QED) is 0.292. The van der Waals surface area contributed by atoms with Crippen molar-refractivity contribution in [1.29, 1.82) is 0 Å². The SMILES string of the molecule is COc1ccc(C(=O)Oc2ccc(C(=O)NN)cc2)cc1. The van der Waals surface area contributed by atoms with E-state index < -0.39 is 11.9 Å². The minimum absolute atomic E-state index is 0.337. The fourth-order valence-corrected chi connectivity index (χ4v) is 1.65. The van der Waals surface area contributed by atoms with Gasteiger partial charge in [0.1, 0.15) is 11.5 Å². The van der Waals surface area contributed by atoms with Crippen molar-refractivity contribution in [3.8, 4) is 11.5 Å². The summed E-state index contributed by atoms with van der Waals surface area (Å²) in [6, 6.07) is 12.6. The Balaban J connectivity index is 2.06. The monoisotopic (exact) mass is 286 g/mol. The highest BCUT2D eigenvalue weighted by atomic mass is 16.5. The summed E-state index contributed by atoms with van der Waals surface area (Å²) in [6.07, 6.45) is 0. The van der Waals surface area contributed by atoms with E-state index in [0.717, 1.165) is 0 Å². The Hall–Kier alpha value is -2.86. The second-order valence-electron chi connectivity index (χ2n) is 4.12. The predicted molar refractivity (Wildman–Crippen MR) is 76.0 cm³/mol.